The van der Waals surface area contributed by atoms with Crippen LogP contribution < -0.4 is 5.73 Å². The van der Waals surface area contributed by atoms with Gasteiger partial charge in [0.05, 0.1) is 0 Å². The van der Waals surface area contributed by atoms with E-state index < -0.39 is 0 Å². The lowest BCUT2D eigenvalue weighted by molar-refractivity contribution is -0.134. The van der Waals surface area contributed by atoms with E-state index in [0.717, 1.165) is 45.4 Å². The van der Waals surface area contributed by atoms with Gasteiger partial charge in [0.1, 0.15) is 0 Å². The molecule has 21 heavy (non-hydrogen) atoms. The molecule has 2 fully saturated rings. The lowest BCUT2D eigenvalue weighted by Crippen LogP contribution is -2.45. The Morgan fingerprint density at radius 1 is 1.10 bits per heavy atom. The normalized spacial score (nSPS) is 28.5. The molecule has 1 aliphatic carbocycles. The lowest BCUT2D eigenvalue weighted by Gasteiger charge is -2.37. The number of amides is 1. The molecule has 1 saturated heterocycles. The number of nitrogens with two attached hydrogens (primary N) is 1. The molecule has 0 atom stereocenters. The molecule has 122 valence electrons. The number of rotatable bonds is 5. The molecule has 0 aromatic carbocycles. The van der Waals surface area contributed by atoms with Crippen LogP contribution in [-0.2, 0) is 4.79 Å². The second-order valence-electron chi connectivity index (χ2n) is 7.00. The second kappa shape index (κ2) is 8.14. The molecule has 1 heterocycles. The second-order valence-corrected chi connectivity index (χ2v) is 7.00. The molecule has 2 rings (SSSR count). The van der Waals surface area contributed by atoms with Crippen LogP contribution in [-0.4, -0.2) is 55.0 Å². The fourth-order valence-electron chi connectivity index (χ4n) is 3.89. The van der Waals surface area contributed by atoms with E-state index in [4.69, 9.17) is 5.73 Å². The van der Waals surface area contributed by atoms with Gasteiger partial charge in [-0.15, -0.1) is 0 Å². The maximum Gasteiger partial charge on any atom is 0.222 e. The van der Waals surface area contributed by atoms with Gasteiger partial charge in [0.15, 0.2) is 0 Å². The molecule has 0 bridgehead atoms. The summed E-state index contributed by atoms with van der Waals surface area (Å²) < 4.78 is 0. The number of carbonyl (C=O) groups excluding carboxylic acids is 1. The van der Waals surface area contributed by atoms with Gasteiger partial charge in [-0.25, -0.2) is 0 Å². The van der Waals surface area contributed by atoms with E-state index in [0.29, 0.717) is 23.8 Å². The van der Waals surface area contributed by atoms with Crippen molar-refractivity contribution in [3.63, 3.8) is 0 Å². The highest BCUT2D eigenvalue weighted by Crippen LogP contribution is 2.31. The van der Waals surface area contributed by atoms with E-state index >= 15 is 0 Å². The van der Waals surface area contributed by atoms with E-state index in [1.54, 1.807) is 0 Å². The van der Waals surface area contributed by atoms with Gasteiger partial charge in [-0.3, -0.25) is 4.79 Å². The van der Waals surface area contributed by atoms with Crippen molar-refractivity contribution in [3.8, 4) is 0 Å². The standard InChI is InChI=1S/C17H33N3O/c1-3-20-10-8-16(9-11-20)19(2)17(21)12-14-4-6-15(13-18)7-5-14/h14-16H,3-13,18H2,1-2H3. The molecule has 0 spiro atoms. The zero-order valence-electron chi connectivity index (χ0n) is 13.9. The van der Waals surface area contributed by atoms with Crippen molar-refractivity contribution in [2.45, 2.75) is 57.9 Å². The molecule has 0 aromatic heterocycles. The Morgan fingerprint density at radius 2 is 1.67 bits per heavy atom. The third-order valence-electron chi connectivity index (χ3n) is 5.71. The van der Waals surface area contributed by atoms with Crippen molar-refractivity contribution in [3.05, 3.63) is 0 Å². The minimum Gasteiger partial charge on any atom is -0.343 e. The van der Waals surface area contributed by atoms with Crippen LogP contribution in [0.15, 0.2) is 0 Å². The quantitative estimate of drug-likeness (QED) is 0.845. The predicted molar refractivity (Wildman–Crippen MR) is 87.0 cm³/mol. The Balaban J connectivity index is 1.73. The van der Waals surface area contributed by atoms with Gasteiger partial charge < -0.3 is 15.5 Å². The molecule has 4 heteroatoms. The minimum atomic E-state index is 0.362. The van der Waals surface area contributed by atoms with E-state index in [1.807, 2.05) is 11.9 Å². The highest BCUT2D eigenvalue weighted by Gasteiger charge is 2.28. The molecule has 0 aromatic rings. The van der Waals surface area contributed by atoms with Crippen molar-refractivity contribution in [1.29, 1.82) is 0 Å². The number of nitrogens with zero attached hydrogens (tertiary/aromatic N) is 2. The Kier molecular flexibility index (Phi) is 6.49. The SMILES string of the molecule is CCN1CCC(N(C)C(=O)CC2CCC(CN)CC2)CC1. The van der Waals surface area contributed by atoms with Crippen LogP contribution in [0, 0.1) is 11.8 Å². The molecule has 1 amide bonds. The summed E-state index contributed by atoms with van der Waals surface area (Å²) in [4.78, 5) is 17.0. The fraction of sp³-hybridized carbons (Fsp3) is 0.941. The highest BCUT2D eigenvalue weighted by atomic mass is 16.2. The number of carbonyl (C=O) groups is 1. The first kappa shape index (κ1) is 16.8. The molecule has 2 aliphatic rings. The smallest absolute Gasteiger partial charge is 0.222 e. The number of hydrogen-bond acceptors (Lipinski definition) is 3. The van der Waals surface area contributed by atoms with Crippen LogP contribution in [0.5, 0.6) is 0 Å². The Morgan fingerprint density at radius 3 is 2.19 bits per heavy atom. The van der Waals surface area contributed by atoms with Crippen LogP contribution in [0.3, 0.4) is 0 Å². The van der Waals surface area contributed by atoms with Crippen LogP contribution in [0.4, 0.5) is 0 Å². The van der Waals surface area contributed by atoms with E-state index in [-0.39, 0.29) is 0 Å². The molecule has 2 N–H and O–H groups in total. The monoisotopic (exact) mass is 295 g/mol. The Labute approximate surface area is 130 Å². The van der Waals surface area contributed by atoms with Gasteiger partial charge in [-0.1, -0.05) is 6.92 Å². The summed E-state index contributed by atoms with van der Waals surface area (Å²) in [6.07, 6.45) is 7.83. The van der Waals surface area contributed by atoms with Crippen LogP contribution in [0.1, 0.15) is 51.9 Å². The number of piperidine rings is 1. The summed E-state index contributed by atoms with van der Waals surface area (Å²) in [5.74, 6) is 1.66. The fourth-order valence-corrected chi connectivity index (χ4v) is 3.89. The summed E-state index contributed by atoms with van der Waals surface area (Å²) >= 11 is 0. The molecule has 0 radical (unpaired) electrons. The zero-order valence-corrected chi connectivity index (χ0v) is 13.9. The third kappa shape index (κ3) is 4.68. The molecular formula is C17H33N3O. The van der Waals surface area contributed by atoms with Crippen molar-refractivity contribution >= 4 is 5.91 Å². The van der Waals surface area contributed by atoms with E-state index in [2.05, 4.69) is 11.8 Å². The average Bonchev–Trinajstić information content (AvgIpc) is 2.55. The van der Waals surface area contributed by atoms with Crippen LogP contribution >= 0.6 is 0 Å². The molecule has 0 unspecified atom stereocenters. The first-order chi connectivity index (χ1) is 10.1. The summed E-state index contributed by atoms with van der Waals surface area (Å²) in [5, 5.41) is 0. The molecular weight excluding hydrogens is 262 g/mol. The Bertz CT molecular complexity index is 318. The van der Waals surface area contributed by atoms with Gasteiger partial charge in [-0.2, -0.15) is 0 Å². The van der Waals surface area contributed by atoms with E-state index in [9.17, 15) is 4.79 Å². The van der Waals surface area contributed by atoms with Gasteiger partial charge in [0, 0.05) is 32.6 Å². The number of likely N-dealkylation sites (tertiary alicyclic amines) is 1. The highest BCUT2D eigenvalue weighted by molar-refractivity contribution is 5.76. The largest absolute Gasteiger partial charge is 0.343 e. The van der Waals surface area contributed by atoms with Gasteiger partial charge in [0.25, 0.3) is 0 Å². The summed E-state index contributed by atoms with van der Waals surface area (Å²) in [6, 6.07) is 0.459. The van der Waals surface area contributed by atoms with Crippen molar-refractivity contribution in [1.82, 2.24) is 9.80 Å². The maximum atomic E-state index is 12.5. The maximum absolute atomic E-state index is 12.5. The summed E-state index contributed by atoms with van der Waals surface area (Å²) in [6.45, 7) is 6.44. The molecule has 1 saturated carbocycles. The summed E-state index contributed by atoms with van der Waals surface area (Å²) in [5.41, 5.74) is 5.74. The number of hydrogen-bond donors (Lipinski definition) is 1. The van der Waals surface area contributed by atoms with Crippen LogP contribution in [0.25, 0.3) is 0 Å². The predicted octanol–water partition coefficient (Wildman–Crippen LogP) is 2.08. The third-order valence-corrected chi connectivity index (χ3v) is 5.71. The van der Waals surface area contributed by atoms with Crippen LogP contribution in [0.2, 0.25) is 0 Å². The van der Waals surface area contributed by atoms with Crippen molar-refractivity contribution < 1.29 is 4.79 Å². The lowest BCUT2D eigenvalue weighted by atomic mass is 9.80. The first-order valence-corrected chi connectivity index (χ1v) is 8.82. The summed E-state index contributed by atoms with van der Waals surface area (Å²) in [7, 11) is 2.01. The topological polar surface area (TPSA) is 49.6 Å². The molecule has 1 aliphatic heterocycles. The average molecular weight is 295 g/mol. The molecule has 4 nitrogen and oxygen atoms in total. The zero-order chi connectivity index (χ0) is 15.2. The first-order valence-electron chi connectivity index (χ1n) is 8.82. The Hall–Kier alpha value is -0.610. The minimum absolute atomic E-state index is 0.362. The van der Waals surface area contributed by atoms with Gasteiger partial charge >= 0.3 is 0 Å². The van der Waals surface area contributed by atoms with Gasteiger partial charge in [0.2, 0.25) is 5.91 Å². The van der Waals surface area contributed by atoms with E-state index in [1.165, 1.54) is 25.7 Å². The van der Waals surface area contributed by atoms with Crippen molar-refractivity contribution in [2.24, 2.45) is 17.6 Å². The van der Waals surface area contributed by atoms with Gasteiger partial charge in [-0.05, 0) is 63.5 Å². The van der Waals surface area contributed by atoms with Crippen molar-refractivity contribution in [2.75, 3.05) is 33.2 Å².